The number of nitrogens with zero attached hydrogens (tertiary/aromatic N) is 1. The van der Waals surface area contributed by atoms with Gasteiger partial charge in [0.15, 0.2) is 0 Å². The number of aromatic carboxylic acids is 1. The minimum absolute atomic E-state index is 0.0326. The number of hydrogen-bond donors (Lipinski definition) is 1. The first kappa shape index (κ1) is 13.9. The number of methoxy groups -OCH3 is 1. The molecule has 0 atom stereocenters. The average Bonchev–Trinajstić information content (AvgIpc) is 2.46. The fourth-order valence-electron chi connectivity index (χ4n) is 1.96. The normalized spacial score (nSPS) is 10.2. The molecule has 0 bridgehead atoms. The highest BCUT2D eigenvalue weighted by Crippen LogP contribution is 2.30. The van der Waals surface area contributed by atoms with Crippen LogP contribution in [0.5, 0.6) is 5.75 Å². The molecule has 2 aromatic carbocycles. The number of ether oxygens (including phenoxy) is 1. The van der Waals surface area contributed by atoms with Gasteiger partial charge in [-0.25, -0.2) is 9.18 Å². The van der Waals surface area contributed by atoms with Gasteiger partial charge >= 0.3 is 5.97 Å². The molecule has 1 N–H and O–H groups in total. The zero-order valence-electron chi connectivity index (χ0n) is 11.1. The standard InChI is InChI=1S/C15H14FNO3/c1-17(10-6-8-11(20-2)9-7-10)14-12(15(18)19)4-3-5-13(14)16/h3-9H,1-2H3,(H,18,19). The molecule has 0 radical (unpaired) electrons. The maximum atomic E-state index is 14.0. The number of hydrogen-bond acceptors (Lipinski definition) is 3. The summed E-state index contributed by atoms with van der Waals surface area (Å²) in [7, 11) is 3.17. The summed E-state index contributed by atoms with van der Waals surface area (Å²) >= 11 is 0. The monoisotopic (exact) mass is 275 g/mol. The van der Waals surface area contributed by atoms with Crippen molar-refractivity contribution in [1.29, 1.82) is 0 Å². The van der Waals surface area contributed by atoms with Crippen LogP contribution < -0.4 is 9.64 Å². The first-order valence-electron chi connectivity index (χ1n) is 5.94. The number of carboxylic acids is 1. The zero-order chi connectivity index (χ0) is 14.7. The quantitative estimate of drug-likeness (QED) is 0.930. The summed E-state index contributed by atoms with van der Waals surface area (Å²) in [5, 5.41) is 9.15. The molecule has 0 spiro atoms. The molecule has 2 aromatic rings. The summed E-state index contributed by atoms with van der Waals surface area (Å²) in [5.74, 6) is -1.07. The van der Waals surface area contributed by atoms with Crippen molar-refractivity contribution in [2.24, 2.45) is 0 Å². The van der Waals surface area contributed by atoms with Crippen LogP contribution in [0.2, 0.25) is 0 Å². The Balaban J connectivity index is 2.46. The molecule has 104 valence electrons. The molecule has 5 heteroatoms. The van der Waals surface area contributed by atoms with Crippen molar-refractivity contribution >= 4 is 17.3 Å². The molecule has 0 aliphatic carbocycles. The second kappa shape index (κ2) is 5.61. The van der Waals surface area contributed by atoms with Crippen molar-refractivity contribution < 1.29 is 19.0 Å². The summed E-state index contributed by atoms with van der Waals surface area (Å²) in [6.45, 7) is 0. The summed E-state index contributed by atoms with van der Waals surface area (Å²) in [6, 6.07) is 10.9. The Morgan fingerprint density at radius 2 is 1.85 bits per heavy atom. The number of anilines is 2. The van der Waals surface area contributed by atoms with Crippen molar-refractivity contribution in [3.05, 3.63) is 53.8 Å². The lowest BCUT2D eigenvalue weighted by Crippen LogP contribution is -2.15. The lowest BCUT2D eigenvalue weighted by atomic mass is 10.1. The second-order valence-corrected chi connectivity index (χ2v) is 4.20. The predicted molar refractivity (Wildman–Crippen MR) is 74.4 cm³/mol. The lowest BCUT2D eigenvalue weighted by molar-refractivity contribution is 0.0697. The van der Waals surface area contributed by atoms with Crippen LogP contribution in [0.4, 0.5) is 15.8 Å². The molecule has 0 aliphatic heterocycles. The van der Waals surface area contributed by atoms with Crippen LogP contribution in [-0.2, 0) is 0 Å². The summed E-state index contributed by atoms with van der Waals surface area (Å²) < 4.78 is 19.0. The maximum Gasteiger partial charge on any atom is 0.337 e. The molecule has 0 fully saturated rings. The minimum atomic E-state index is -1.17. The van der Waals surface area contributed by atoms with E-state index in [0.29, 0.717) is 11.4 Å². The molecule has 4 nitrogen and oxygen atoms in total. The fourth-order valence-corrected chi connectivity index (χ4v) is 1.96. The van der Waals surface area contributed by atoms with Crippen LogP contribution >= 0.6 is 0 Å². The molecule has 0 saturated heterocycles. The van der Waals surface area contributed by atoms with Crippen molar-refractivity contribution in [2.75, 3.05) is 19.1 Å². The van der Waals surface area contributed by atoms with Crippen LogP contribution in [0.3, 0.4) is 0 Å². The third-order valence-corrected chi connectivity index (χ3v) is 3.01. The van der Waals surface area contributed by atoms with Crippen LogP contribution in [0.1, 0.15) is 10.4 Å². The number of benzene rings is 2. The molecule has 20 heavy (non-hydrogen) atoms. The molecular weight excluding hydrogens is 261 g/mol. The second-order valence-electron chi connectivity index (χ2n) is 4.20. The Bertz CT molecular complexity index is 626. The summed E-state index contributed by atoms with van der Waals surface area (Å²) in [6.07, 6.45) is 0. The first-order chi connectivity index (χ1) is 9.54. The third kappa shape index (κ3) is 2.56. The number of rotatable bonds is 4. The van der Waals surface area contributed by atoms with Gasteiger partial charge in [-0.2, -0.15) is 0 Å². The Hall–Kier alpha value is -2.56. The molecule has 2 rings (SSSR count). The van der Waals surface area contributed by atoms with Crippen LogP contribution in [0, 0.1) is 5.82 Å². The summed E-state index contributed by atoms with van der Waals surface area (Å²) in [5.41, 5.74) is 0.617. The molecule has 0 saturated carbocycles. The van der Waals surface area contributed by atoms with Gasteiger partial charge in [-0.15, -0.1) is 0 Å². The number of carbonyl (C=O) groups is 1. The van der Waals surface area contributed by atoms with E-state index in [9.17, 15) is 9.18 Å². The summed E-state index contributed by atoms with van der Waals surface area (Å²) in [4.78, 5) is 12.7. The van der Waals surface area contributed by atoms with Crippen molar-refractivity contribution in [1.82, 2.24) is 0 Å². The van der Waals surface area contributed by atoms with E-state index in [1.807, 2.05) is 0 Å². The van der Waals surface area contributed by atoms with Crippen molar-refractivity contribution in [3.63, 3.8) is 0 Å². The van der Waals surface area contributed by atoms with E-state index < -0.39 is 11.8 Å². The first-order valence-corrected chi connectivity index (χ1v) is 5.94. The number of para-hydroxylation sites is 1. The fraction of sp³-hybridized carbons (Fsp3) is 0.133. The number of halogens is 1. The van der Waals surface area contributed by atoms with Gasteiger partial charge in [0, 0.05) is 12.7 Å². The Morgan fingerprint density at radius 3 is 2.40 bits per heavy atom. The van der Waals surface area contributed by atoms with Crippen molar-refractivity contribution in [2.45, 2.75) is 0 Å². The maximum absolute atomic E-state index is 14.0. The van der Waals surface area contributed by atoms with Crippen LogP contribution in [0.25, 0.3) is 0 Å². The molecule has 0 amide bonds. The highest BCUT2D eigenvalue weighted by molar-refractivity contribution is 5.95. The Labute approximate surface area is 116 Å². The molecule has 0 aliphatic rings. The van der Waals surface area contributed by atoms with E-state index >= 15 is 0 Å². The predicted octanol–water partition coefficient (Wildman–Crippen LogP) is 3.30. The largest absolute Gasteiger partial charge is 0.497 e. The zero-order valence-corrected chi connectivity index (χ0v) is 11.1. The van der Waals surface area contributed by atoms with Gasteiger partial charge in [-0.3, -0.25) is 0 Å². The third-order valence-electron chi connectivity index (χ3n) is 3.01. The van der Waals surface area contributed by atoms with Crippen LogP contribution in [-0.4, -0.2) is 25.2 Å². The molecule has 0 aromatic heterocycles. The van der Waals surface area contributed by atoms with E-state index in [1.54, 1.807) is 38.4 Å². The van der Waals surface area contributed by atoms with Gasteiger partial charge in [0.25, 0.3) is 0 Å². The van der Waals surface area contributed by atoms with E-state index in [1.165, 1.54) is 23.1 Å². The van der Waals surface area contributed by atoms with E-state index in [0.717, 1.165) is 0 Å². The Morgan fingerprint density at radius 1 is 1.20 bits per heavy atom. The molecule has 0 unspecified atom stereocenters. The lowest BCUT2D eigenvalue weighted by Gasteiger charge is -2.22. The molecule has 0 heterocycles. The van der Waals surface area contributed by atoms with Gasteiger partial charge in [-0.05, 0) is 36.4 Å². The number of carboxylic acid groups (broad SMARTS) is 1. The van der Waals surface area contributed by atoms with Gasteiger partial charge in [0.1, 0.15) is 11.6 Å². The van der Waals surface area contributed by atoms with Crippen LogP contribution in [0.15, 0.2) is 42.5 Å². The Kier molecular flexibility index (Phi) is 3.89. The minimum Gasteiger partial charge on any atom is -0.497 e. The van der Waals surface area contributed by atoms with Gasteiger partial charge in [0.2, 0.25) is 0 Å². The topological polar surface area (TPSA) is 49.8 Å². The van der Waals surface area contributed by atoms with Gasteiger partial charge in [-0.1, -0.05) is 6.07 Å². The smallest absolute Gasteiger partial charge is 0.337 e. The molecular formula is C15H14FNO3. The highest BCUT2D eigenvalue weighted by Gasteiger charge is 2.18. The van der Waals surface area contributed by atoms with Gasteiger partial charge in [0.05, 0.1) is 18.4 Å². The van der Waals surface area contributed by atoms with E-state index in [2.05, 4.69) is 0 Å². The highest BCUT2D eigenvalue weighted by atomic mass is 19.1. The van der Waals surface area contributed by atoms with Crippen molar-refractivity contribution in [3.8, 4) is 5.75 Å². The van der Waals surface area contributed by atoms with E-state index in [4.69, 9.17) is 9.84 Å². The van der Waals surface area contributed by atoms with E-state index in [-0.39, 0.29) is 11.3 Å². The van der Waals surface area contributed by atoms with Gasteiger partial charge < -0.3 is 14.7 Å². The SMILES string of the molecule is COc1ccc(N(C)c2c(F)cccc2C(=O)O)cc1. The average molecular weight is 275 g/mol.